The fourth-order valence-electron chi connectivity index (χ4n) is 0.626. The second-order valence-electron chi connectivity index (χ2n) is 1.98. The SMILES string of the molecule is CN1NN=CN1SCCN=C=S. The van der Waals surface area contributed by atoms with Crippen LogP contribution in [0.4, 0.5) is 0 Å². The molecule has 5 nitrogen and oxygen atoms in total. The van der Waals surface area contributed by atoms with Gasteiger partial charge in [-0.1, -0.05) is 0 Å². The molecule has 0 aromatic heterocycles. The zero-order valence-corrected chi connectivity index (χ0v) is 8.23. The number of hydrogen-bond donors (Lipinski definition) is 1. The molecule has 1 heterocycles. The Morgan fingerprint density at radius 1 is 1.83 bits per heavy atom. The van der Waals surface area contributed by atoms with E-state index in [2.05, 4.69) is 33.0 Å². The average molecular weight is 203 g/mol. The molecule has 66 valence electrons. The number of hydrazone groups is 1. The van der Waals surface area contributed by atoms with Gasteiger partial charge in [0.15, 0.2) is 0 Å². The Morgan fingerprint density at radius 2 is 2.67 bits per heavy atom. The number of isothiocyanates is 1. The summed E-state index contributed by atoms with van der Waals surface area (Å²) >= 11 is 6.03. The molecule has 0 saturated carbocycles. The van der Waals surface area contributed by atoms with E-state index >= 15 is 0 Å². The molecular formula is C5H9N5S2. The standard InChI is InChI=1S/C5H9N5S2/c1-9-8-7-4-10(9)12-3-2-6-5-11/h4,8H,2-3H2,1H3. The van der Waals surface area contributed by atoms with Crippen molar-refractivity contribution >= 4 is 35.7 Å². The molecule has 0 radical (unpaired) electrons. The largest absolute Gasteiger partial charge is 0.232 e. The number of nitrogens with one attached hydrogen (secondary N) is 1. The third-order valence-corrected chi connectivity index (χ3v) is 2.24. The molecule has 1 aliphatic rings. The Labute approximate surface area is 80.6 Å². The van der Waals surface area contributed by atoms with Gasteiger partial charge in [0, 0.05) is 12.8 Å². The predicted molar refractivity (Wildman–Crippen MR) is 53.6 cm³/mol. The van der Waals surface area contributed by atoms with Crippen molar-refractivity contribution in [2.45, 2.75) is 0 Å². The molecular weight excluding hydrogens is 194 g/mol. The van der Waals surface area contributed by atoms with Gasteiger partial charge >= 0.3 is 0 Å². The van der Waals surface area contributed by atoms with Crippen LogP contribution in [0.5, 0.6) is 0 Å². The lowest BCUT2D eigenvalue weighted by Crippen LogP contribution is -2.35. The van der Waals surface area contributed by atoms with Crippen LogP contribution in [-0.4, -0.2) is 40.4 Å². The molecule has 0 aromatic rings. The first kappa shape index (κ1) is 9.47. The van der Waals surface area contributed by atoms with Gasteiger partial charge in [-0.15, -0.1) is 5.12 Å². The van der Waals surface area contributed by atoms with Crippen LogP contribution in [0, 0.1) is 0 Å². The van der Waals surface area contributed by atoms with Gasteiger partial charge < -0.3 is 0 Å². The van der Waals surface area contributed by atoms with Gasteiger partial charge in [-0.3, -0.25) is 0 Å². The van der Waals surface area contributed by atoms with E-state index in [1.807, 2.05) is 11.5 Å². The Hall–Kier alpha value is -0.620. The predicted octanol–water partition coefficient (Wildman–Crippen LogP) is 0.348. The maximum absolute atomic E-state index is 4.43. The van der Waals surface area contributed by atoms with Crippen molar-refractivity contribution in [2.24, 2.45) is 10.1 Å². The van der Waals surface area contributed by atoms with E-state index in [-0.39, 0.29) is 0 Å². The molecule has 0 aliphatic carbocycles. The van der Waals surface area contributed by atoms with Crippen LogP contribution in [0.25, 0.3) is 0 Å². The highest BCUT2D eigenvalue weighted by Gasteiger charge is 2.11. The fourth-order valence-corrected chi connectivity index (χ4v) is 1.40. The van der Waals surface area contributed by atoms with Crippen LogP contribution in [0.2, 0.25) is 0 Å². The van der Waals surface area contributed by atoms with Crippen molar-refractivity contribution < 1.29 is 0 Å². The van der Waals surface area contributed by atoms with Crippen molar-refractivity contribution in [2.75, 3.05) is 19.3 Å². The van der Waals surface area contributed by atoms with Crippen molar-refractivity contribution in [3.05, 3.63) is 0 Å². The molecule has 0 aromatic carbocycles. The lowest BCUT2D eigenvalue weighted by atomic mass is 10.8. The van der Waals surface area contributed by atoms with Gasteiger partial charge in [0.1, 0.15) is 6.34 Å². The molecule has 0 unspecified atom stereocenters. The van der Waals surface area contributed by atoms with Gasteiger partial charge in [0.2, 0.25) is 0 Å². The Bertz CT molecular complexity index is 212. The van der Waals surface area contributed by atoms with E-state index in [9.17, 15) is 0 Å². The summed E-state index contributed by atoms with van der Waals surface area (Å²) in [4.78, 5) is 3.79. The van der Waals surface area contributed by atoms with Crippen molar-refractivity contribution in [3.63, 3.8) is 0 Å². The van der Waals surface area contributed by atoms with Gasteiger partial charge in [-0.05, 0) is 24.2 Å². The van der Waals surface area contributed by atoms with Crippen molar-refractivity contribution in [3.8, 4) is 0 Å². The van der Waals surface area contributed by atoms with E-state index in [0.29, 0.717) is 6.54 Å². The quantitative estimate of drug-likeness (QED) is 0.309. The van der Waals surface area contributed by atoms with Crippen LogP contribution in [-0.2, 0) is 0 Å². The summed E-state index contributed by atoms with van der Waals surface area (Å²) in [5, 5.41) is 7.92. The summed E-state index contributed by atoms with van der Waals surface area (Å²) < 4.78 is 1.87. The Morgan fingerprint density at radius 3 is 3.25 bits per heavy atom. The zero-order valence-electron chi connectivity index (χ0n) is 6.60. The minimum absolute atomic E-state index is 0.687. The van der Waals surface area contributed by atoms with Gasteiger partial charge in [-0.2, -0.15) is 5.10 Å². The first-order valence-corrected chi connectivity index (χ1v) is 4.68. The Kier molecular flexibility index (Phi) is 4.02. The normalized spacial score (nSPS) is 15.9. The second kappa shape index (κ2) is 5.10. The minimum Gasteiger partial charge on any atom is -0.232 e. The van der Waals surface area contributed by atoms with Crippen LogP contribution in [0.15, 0.2) is 10.1 Å². The van der Waals surface area contributed by atoms with Crippen molar-refractivity contribution in [1.29, 1.82) is 0 Å². The lowest BCUT2D eigenvalue weighted by molar-refractivity contribution is 0.139. The number of nitrogens with zero attached hydrogens (tertiary/aromatic N) is 4. The fraction of sp³-hybridized carbons (Fsp3) is 0.600. The maximum atomic E-state index is 4.43. The second-order valence-corrected chi connectivity index (χ2v) is 3.20. The molecule has 0 amide bonds. The molecule has 7 heteroatoms. The van der Waals surface area contributed by atoms with Crippen molar-refractivity contribution in [1.82, 2.24) is 15.1 Å². The van der Waals surface area contributed by atoms with Crippen LogP contribution in [0.3, 0.4) is 0 Å². The molecule has 1 aliphatic heterocycles. The highest BCUT2D eigenvalue weighted by Crippen LogP contribution is 2.10. The number of aliphatic imine (C=N–C) groups is 1. The summed E-state index contributed by atoms with van der Waals surface area (Å²) in [5.74, 6) is 0.863. The first-order valence-electron chi connectivity index (χ1n) is 3.33. The zero-order chi connectivity index (χ0) is 8.81. The van der Waals surface area contributed by atoms with E-state index in [1.54, 1.807) is 23.4 Å². The summed E-state index contributed by atoms with van der Waals surface area (Å²) in [5.41, 5.74) is 2.75. The van der Waals surface area contributed by atoms with E-state index in [4.69, 9.17) is 0 Å². The Balaban J connectivity index is 2.14. The lowest BCUT2D eigenvalue weighted by Gasteiger charge is -2.19. The first-order chi connectivity index (χ1) is 5.84. The molecule has 1 rings (SSSR count). The molecule has 0 fully saturated rings. The van der Waals surface area contributed by atoms with Gasteiger partial charge in [0.05, 0.1) is 11.7 Å². The minimum atomic E-state index is 0.687. The van der Waals surface area contributed by atoms with Crippen LogP contribution >= 0.6 is 24.2 Å². The monoisotopic (exact) mass is 203 g/mol. The maximum Gasteiger partial charge on any atom is 0.140 e. The number of rotatable bonds is 4. The highest BCUT2D eigenvalue weighted by atomic mass is 32.2. The topological polar surface area (TPSA) is 43.2 Å². The molecule has 0 bridgehead atoms. The van der Waals surface area contributed by atoms with E-state index < -0.39 is 0 Å². The van der Waals surface area contributed by atoms with Crippen LogP contribution in [0.1, 0.15) is 0 Å². The number of thiocarbonyl (C=S) groups is 1. The van der Waals surface area contributed by atoms with Gasteiger partial charge in [-0.25, -0.2) is 14.9 Å². The molecule has 1 N–H and O–H groups in total. The highest BCUT2D eigenvalue weighted by molar-refractivity contribution is 7.97. The molecule has 0 spiro atoms. The summed E-state index contributed by atoms with van der Waals surface area (Å²) in [6.45, 7) is 0.687. The van der Waals surface area contributed by atoms with Gasteiger partial charge in [0.25, 0.3) is 0 Å². The molecule has 0 saturated heterocycles. The molecule has 0 atom stereocenters. The summed E-state index contributed by atoms with van der Waals surface area (Å²) in [6.07, 6.45) is 1.70. The third kappa shape index (κ3) is 2.78. The third-order valence-electron chi connectivity index (χ3n) is 1.15. The summed E-state index contributed by atoms with van der Waals surface area (Å²) in [6, 6.07) is 0. The summed E-state index contributed by atoms with van der Waals surface area (Å²) in [7, 11) is 1.88. The van der Waals surface area contributed by atoms with E-state index in [0.717, 1.165) is 5.75 Å². The van der Waals surface area contributed by atoms with Crippen LogP contribution < -0.4 is 5.53 Å². The number of hydrazine groups is 2. The molecule has 12 heavy (non-hydrogen) atoms. The van der Waals surface area contributed by atoms with E-state index in [1.165, 1.54) is 0 Å². The smallest absolute Gasteiger partial charge is 0.140 e. The average Bonchev–Trinajstić information content (AvgIpc) is 2.46. The number of hydrogen-bond acceptors (Lipinski definition) is 7.